The van der Waals surface area contributed by atoms with Crippen molar-refractivity contribution in [2.75, 3.05) is 40.0 Å². The molecular weight excluding hydrogens is 662 g/mol. The van der Waals surface area contributed by atoms with Crippen LogP contribution in [0.25, 0.3) is 16.9 Å². The average molecular weight is 700 g/mol. The summed E-state index contributed by atoms with van der Waals surface area (Å²) < 4.78 is 39.8. The lowest BCUT2D eigenvalue weighted by molar-refractivity contribution is -0.0359. The molecule has 10 nitrogen and oxygen atoms in total. The molecule has 2 amide bonds. The number of fused-ring (bicyclic) bond motifs is 2. The van der Waals surface area contributed by atoms with Crippen molar-refractivity contribution in [1.82, 2.24) is 19.2 Å². The molecule has 1 unspecified atom stereocenters. The van der Waals surface area contributed by atoms with Gasteiger partial charge in [0, 0.05) is 24.2 Å². The van der Waals surface area contributed by atoms with Gasteiger partial charge < -0.3 is 28.7 Å². The van der Waals surface area contributed by atoms with E-state index >= 15 is 4.39 Å². The molecule has 1 saturated heterocycles. The third-order valence-corrected chi connectivity index (χ3v) is 9.27. The lowest BCUT2D eigenvalue weighted by Gasteiger charge is -2.38. The van der Waals surface area contributed by atoms with Crippen LogP contribution in [-0.2, 0) is 9.47 Å². The minimum atomic E-state index is -0.677. The highest BCUT2D eigenvalue weighted by molar-refractivity contribution is 6.43. The summed E-state index contributed by atoms with van der Waals surface area (Å²) in [4.78, 5) is 36.2. The maximum absolute atomic E-state index is 15.0. The molecule has 2 aliphatic rings. The van der Waals surface area contributed by atoms with E-state index in [2.05, 4.69) is 0 Å². The van der Waals surface area contributed by atoms with Crippen LogP contribution in [0.15, 0.2) is 48.5 Å². The molecule has 2 atom stereocenters. The van der Waals surface area contributed by atoms with Gasteiger partial charge >= 0.3 is 6.09 Å². The molecule has 2 aromatic carbocycles. The number of carbonyl (C=O) groups is 2. The van der Waals surface area contributed by atoms with Crippen LogP contribution in [0.2, 0.25) is 10.0 Å². The Morgan fingerprint density at radius 1 is 1.12 bits per heavy atom. The smallest absolute Gasteiger partial charge is 0.410 e. The second kappa shape index (κ2) is 13.4. The number of halogens is 3. The van der Waals surface area contributed by atoms with Crippen LogP contribution < -0.4 is 9.47 Å². The number of benzene rings is 2. The van der Waals surface area contributed by atoms with Crippen molar-refractivity contribution in [3.63, 3.8) is 0 Å². The summed E-state index contributed by atoms with van der Waals surface area (Å²) in [6.45, 7) is 8.43. The first kappa shape index (κ1) is 33.8. The van der Waals surface area contributed by atoms with E-state index in [1.807, 2.05) is 20.8 Å². The Kier molecular flexibility index (Phi) is 9.48. The maximum Gasteiger partial charge on any atom is 0.410 e. The predicted octanol–water partition coefficient (Wildman–Crippen LogP) is 7.37. The van der Waals surface area contributed by atoms with Crippen molar-refractivity contribution >= 4 is 40.8 Å². The van der Waals surface area contributed by atoms with Crippen molar-refractivity contribution in [2.24, 2.45) is 0 Å². The van der Waals surface area contributed by atoms with E-state index in [1.54, 1.807) is 63.6 Å². The van der Waals surface area contributed by atoms with Crippen LogP contribution in [0.5, 0.6) is 11.6 Å². The molecule has 48 heavy (non-hydrogen) atoms. The molecule has 4 aromatic rings. The quantitative estimate of drug-likeness (QED) is 0.199. The lowest BCUT2D eigenvalue weighted by atomic mass is 10.0. The van der Waals surface area contributed by atoms with Crippen LogP contribution in [0, 0.1) is 12.7 Å². The van der Waals surface area contributed by atoms with Gasteiger partial charge in [-0.15, -0.1) is 0 Å². The van der Waals surface area contributed by atoms with E-state index in [0.717, 1.165) is 0 Å². The van der Waals surface area contributed by atoms with Gasteiger partial charge in [0.2, 0.25) is 0 Å². The predicted molar refractivity (Wildman–Crippen MR) is 180 cm³/mol. The zero-order valence-corrected chi connectivity index (χ0v) is 28.9. The largest absolute Gasteiger partial charge is 0.489 e. The van der Waals surface area contributed by atoms with Crippen molar-refractivity contribution in [2.45, 2.75) is 51.8 Å². The highest BCUT2D eigenvalue weighted by atomic mass is 35.5. The summed E-state index contributed by atoms with van der Waals surface area (Å²) in [6.07, 6.45) is -0.0793. The van der Waals surface area contributed by atoms with Crippen molar-refractivity contribution in [1.29, 1.82) is 0 Å². The number of hydrogen-bond acceptors (Lipinski definition) is 7. The van der Waals surface area contributed by atoms with Gasteiger partial charge in [0.1, 0.15) is 34.4 Å². The summed E-state index contributed by atoms with van der Waals surface area (Å²) in [7, 11) is 1.52. The monoisotopic (exact) mass is 698 g/mol. The normalized spacial score (nSPS) is 17.6. The zero-order chi connectivity index (χ0) is 34.3. The molecule has 0 aliphatic carbocycles. The van der Waals surface area contributed by atoms with Gasteiger partial charge in [-0.1, -0.05) is 47.5 Å². The first-order valence-electron chi connectivity index (χ1n) is 15.7. The maximum atomic E-state index is 15.0. The van der Waals surface area contributed by atoms with E-state index < -0.39 is 29.5 Å². The second-order valence-electron chi connectivity index (χ2n) is 12.8. The number of imidazole rings is 1. The van der Waals surface area contributed by atoms with Gasteiger partial charge in [-0.25, -0.2) is 14.2 Å². The van der Waals surface area contributed by atoms with Crippen LogP contribution in [0.4, 0.5) is 9.18 Å². The van der Waals surface area contributed by atoms with E-state index in [1.165, 1.54) is 13.2 Å². The van der Waals surface area contributed by atoms with Gasteiger partial charge in [-0.3, -0.25) is 9.20 Å². The number of ether oxygens (including phenoxy) is 4. The average Bonchev–Trinajstić information content (AvgIpc) is 3.66. The SMILES string of the molecule is COc1cccc2nc(C(=O)N(CC[C@@H]3COCCN3C(=O)OC(C)(C)C)C3COc4c3ccc(Cl)c4Cl)c(-c3ccc(C)c(F)c3)n12. The number of rotatable bonds is 7. The summed E-state index contributed by atoms with van der Waals surface area (Å²) in [6, 6.07) is 12.6. The van der Waals surface area contributed by atoms with Gasteiger partial charge in [-0.2, -0.15) is 0 Å². The standard InChI is InChI=1S/C35H37Cl2FN4O6/c1-20-9-10-21(17-25(20)38)31-30(39-27-7-6-8-28(45-5)42(27)31)33(43)41(26-19-47-32-23(26)11-12-24(36)29(32)37)14-13-22-18-46-16-15-40(22)34(44)48-35(2,3)4/h6-12,17,22,26H,13-16,18-19H2,1-5H3/t22-,26?/m1/s1. The van der Waals surface area contributed by atoms with Gasteiger partial charge in [-0.05, 0) is 63.9 Å². The molecule has 6 rings (SSSR count). The third-order valence-electron chi connectivity index (χ3n) is 8.49. The molecule has 4 heterocycles. The minimum Gasteiger partial charge on any atom is -0.489 e. The Bertz CT molecular complexity index is 1880. The molecule has 0 spiro atoms. The van der Waals surface area contributed by atoms with Crippen LogP contribution in [0.1, 0.15) is 54.8 Å². The van der Waals surface area contributed by atoms with E-state index in [9.17, 15) is 9.59 Å². The van der Waals surface area contributed by atoms with E-state index in [4.69, 9.17) is 47.1 Å². The Labute approximate surface area is 288 Å². The highest BCUT2D eigenvalue weighted by Crippen LogP contribution is 2.45. The Balaban J connectivity index is 1.44. The topological polar surface area (TPSA) is 94.8 Å². The number of morpholine rings is 1. The summed E-state index contributed by atoms with van der Waals surface area (Å²) in [5.74, 6) is -0.0210. The number of aromatic nitrogens is 2. The van der Waals surface area contributed by atoms with Crippen molar-refractivity contribution in [3.8, 4) is 22.9 Å². The number of methoxy groups -OCH3 is 1. The minimum absolute atomic E-state index is 0.0974. The molecule has 13 heteroatoms. The first-order valence-corrected chi connectivity index (χ1v) is 16.4. The fourth-order valence-corrected chi connectivity index (χ4v) is 6.50. The van der Waals surface area contributed by atoms with Gasteiger partial charge in [0.05, 0.1) is 43.1 Å². The van der Waals surface area contributed by atoms with Crippen LogP contribution in [-0.4, -0.2) is 82.8 Å². The molecule has 2 aliphatic heterocycles. The number of nitrogens with zero attached hydrogens (tertiary/aromatic N) is 4. The number of pyridine rings is 1. The van der Waals surface area contributed by atoms with Crippen LogP contribution >= 0.6 is 23.2 Å². The summed E-state index contributed by atoms with van der Waals surface area (Å²) >= 11 is 12.8. The van der Waals surface area contributed by atoms with E-state index in [-0.39, 0.29) is 36.5 Å². The Morgan fingerprint density at radius 2 is 1.92 bits per heavy atom. The molecule has 0 radical (unpaired) electrons. The molecule has 0 saturated carbocycles. The fraction of sp³-hybridized carbons (Fsp3) is 0.400. The Morgan fingerprint density at radius 3 is 2.65 bits per heavy atom. The molecule has 0 N–H and O–H groups in total. The zero-order valence-electron chi connectivity index (χ0n) is 27.4. The van der Waals surface area contributed by atoms with Gasteiger partial charge in [0.25, 0.3) is 5.91 Å². The number of amides is 2. The second-order valence-corrected chi connectivity index (χ2v) is 13.6. The summed E-state index contributed by atoms with van der Waals surface area (Å²) in [5.41, 5.74) is 1.85. The van der Waals surface area contributed by atoms with Crippen molar-refractivity contribution < 1.29 is 32.9 Å². The number of aryl methyl sites for hydroxylation is 1. The Hall–Kier alpha value is -4.06. The molecule has 1 fully saturated rings. The molecular formula is C35H37Cl2FN4O6. The van der Waals surface area contributed by atoms with Crippen molar-refractivity contribution in [3.05, 3.63) is 81.2 Å². The number of hydrogen-bond donors (Lipinski definition) is 0. The molecule has 0 bridgehead atoms. The highest BCUT2D eigenvalue weighted by Gasteiger charge is 2.39. The fourth-order valence-electron chi connectivity index (χ4n) is 6.12. The van der Waals surface area contributed by atoms with Gasteiger partial charge in [0.15, 0.2) is 11.6 Å². The van der Waals surface area contributed by atoms with Crippen LogP contribution in [0.3, 0.4) is 0 Å². The first-order chi connectivity index (χ1) is 22.9. The third kappa shape index (κ3) is 6.51. The molecule has 254 valence electrons. The summed E-state index contributed by atoms with van der Waals surface area (Å²) in [5, 5.41) is 0.589. The lowest BCUT2D eigenvalue weighted by Crippen LogP contribution is -2.51. The number of carbonyl (C=O) groups excluding carboxylic acids is 2. The molecule has 2 aromatic heterocycles. The van der Waals surface area contributed by atoms with E-state index in [0.29, 0.717) is 64.3 Å².